The molecule has 1 aromatic carbocycles. The fraction of sp³-hybridized carbons (Fsp3) is 0.182. The Labute approximate surface area is 113 Å². The van der Waals surface area contributed by atoms with Crippen molar-refractivity contribution in [3.8, 4) is 0 Å². The summed E-state index contributed by atoms with van der Waals surface area (Å²) in [4.78, 5) is 10.3. The molecule has 2 aromatic rings. The highest BCUT2D eigenvalue weighted by Gasteiger charge is 2.34. The third-order valence-corrected chi connectivity index (χ3v) is 2.83. The van der Waals surface area contributed by atoms with Gasteiger partial charge in [0.25, 0.3) is 0 Å². The molecule has 0 radical (unpaired) electrons. The molecule has 2 N–H and O–H groups in total. The predicted molar refractivity (Wildman–Crippen MR) is 63.8 cm³/mol. The van der Waals surface area contributed by atoms with Crippen LogP contribution >= 0.6 is 15.9 Å². The van der Waals surface area contributed by atoms with Crippen molar-refractivity contribution in [3.05, 3.63) is 34.0 Å². The number of nitrogens with one attached hydrogen (secondary N) is 1. The number of fused-ring (bicyclic) bond motifs is 1. The van der Waals surface area contributed by atoms with Crippen LogP contribution in [0.1, 0.15) is 11.3 Å². The lowest BCUT2D eigenvalue weighted by Gasteiger charge is -2.07. The van der Waals surface area contributed by atoms with Crippen LogP contribution in [-0.2, 0) is 12.7 Å². The first-order valence-corrected chi connectivity index (χ1v) is 5.82. The molecule has 0 saturated heterocycles. The molecule has 0 aliphatic heterocycles. The summed E-state index contributed by atoms with van der Waals surface area (Å²) in [7, 11) is 0. The SMILES string of the molecule is O=C(O)NCc1cc2c(C(F)(F)F)cc(Br)cc2o1. The summed E-state index contributed by atoms with van der Waals surface area (Å²) in [6.45, 7) is -0.196. The number of rotatable bonds is 2. The normalized spacial score (nSPS) is 11.8. The Hall–Kier alpha value is -1.70. The fourth-order valence-corrected chi connectivity index (χ4v) is 2.08. The molecule has 1 heterocycles. The number of halogens is 4. The molecule has 4 nitrogen and oxygen atoms in total. The van der Waals surface area contributed by atoms with E-state index in [1.54, 1.807) is 0 Å². The van der Waals surface area contributed by atoms with Gasteiger partial charge in [0.2, 0.25) is 0 Å². The van der Waals surface area contributed by atoms with E-state index in [0.29, 0.717) is 0 Å². The monoisotopic (exact) mass is 337 g/mol. The van der Waals surface area contributed by atoms with Crippen LogP contribution in [0.5, 0.6) is 0 Å². The highest BCUT2D eigenvalue weighted by Crippen LogP contribution is 2.38. The Balaban J connectivity index is 2.49. The molecule has 8 heteroatoms. The zero-order valence-corrected chi connectivity index (χ0v) is 10.8. The minimum atomic E-state index is -4.51. The molecule has 0 unspecified atom stereocenters. The lowest BCUT2D eigenvalue weighted by atomic mass is 10.1. The molecule has 0 aliphatic rings. The molecule has 1 amide bonds. The van der Waals surface area contributed by atoms with Gasteiger partial charge in [-0.1, -0.05) is 15.9 Å². The summed E-state index contributed by atoms with van der Waals surface area (Å²) >= 11 is 2.98. The van der Waals surface area contributed by atoms with Gasteiger partial charge in [-0.05, 0) is 18.2 Å². The molecule has 2 rings (SSSR count). The van der Waals surface area contributed by atoms with Gasteiger partial charge in [0.05, 0.1) is 12.1 Å². The third kappa shape index (κ3) is 3.01. The summed E-state index contributed by atoms with van der Waals surface area (Å²) < 4.78 is 44.0. The predicted octanol–water partition coefficient (Wildman–Crippen LogP) is 3.98. The van der Waals surface area contributed by atoms with Crippen molar-refractivity contribution >= 4 is 33.0 Å². The number of benzene rings is 1. The maximum atomic E-state index is 12.8. The molecule has 0 atom stereocenters. The average molecular weight is 338 g/mol. The minimum Gasteiger partial charge on any atom is -0.465 e. The van der Waals surface area contributed by atoms with Crippen molar-refractivity contribution < 1.29 is 27.5 Å². The molecule has 0 saturated carbocycles. The largest absolute Gasteiger partial charge is 0.465 e. The van der Waals surface area contributed by atoms with E-state index < -0.39 is 17.8 Å². The van der Waals surface area contributed by atoms with E-state index >= 15 is 0 Å². The molecular formula is C11H7BrF3NO3. The number of carbonyl (C=O) groups is 1. The van der Waals surface area contributed by atoms with Crippen LogP contribution in [0.2, 0.25) is 0 Å². The third-order valence-electron chi connectivity index (χ3n) is 2.37. The maximum Gasteiger partial charge on any atom is 0.417 e. The first kappa shape index (κ1) is 13.7. The summed E-state index contributed by atoms with van der Waals surface area (Å²) in [5, 5.41) is 10.4. The van der Waals surface area contributed by atoms with Gasteiger partial charge in [-0.15, -0.1) is 0 Å². The number of furan rings is 1. The van der Waals surface area contributed by atoms with Gasteiger partial charge in [-0.2, -0.15) is 13.2 Å². The van der Waals surface area contributed by atoms with E-state index in [0.717, 1.165) is 6.07 Å². The van der Waals surface area contributed by atoms with Gasteiger partial charge < -0.3 is 14.8 Å². The molecule has 0 spiro atoms. The number of alkyl halides is 3. The highest BCUT2D eigenvalue weighted by atomic mass is 79.9. The summed E-state index contributed by atoms with van der Waals surface area (Å²) in [5.41, 5.74) is -0.786. The average Bonchev–Trinajstić information content (AvgIpc) is 2.66. The van der Waals surface area contributed by atoms with E-state index in [-0.39, 0.29) is 27.7 Å². The maximum absolute atomic E-state index is 12.8. The lowest BCUT2D eigenvalue weighted by molar-refractivity contribution is -0.136. The molecule has 1 aromatic heterocycles. The fourth-order valence-electron chi connectivity index (χ4n) is 1.64. The lowest BCUT2D eigenvalue weighted by Crippen LogP contribution is -2.19. The Morgan fingerprint density at radius 2 is 2.05 bits per heavy atom. The molecule has 0 fully saturated rings. The van der Waals surface area contributed by atoms with Gasteiger partial charge in [0.15, 0.2) is 0 Å². The molecular weight excluding hydrogens is 331 g/mol. The van der Waals surface area contributed by atoms with Crippen molar-refractivity contribution in [3.63, 3.8) is 0 Å². The topological polar surface area (TPSA) is 62.5 Å². The van der Waals surface area contributed by atoms with Gasteiger partial charge in [-0.25, -0.2) is 4.79 Å². The van der Waals surface area contributed by atoms with E-state index in [1.807, 2.05) is 5.32 Å². The number of hydrogen-bond donors (Lipinski definition) is 2. The van der Waals surface area contributed by atoms with Crippen LogP contribution in [0.3, 0.4) is 0 Å². The van der Waals surface area contributed by atoms with Crippen LogP contribution in [0, 0.1) is 0 Å². The van der Waals surface area contributed by atoms with Crippen LogP contribution in [0.15, 0.2) is 27.1 Å². The second kappa shape index (κ2) is 4.76. The summed E-state index contributed by atoms with van der Waals surface area (Å²) in [6, 6.07) is 3.53. The highest BCUT2D eigenvalue weighted by molar-refractivity contribution is 9.10. The van der Waals surface area contributed by atoms with Crippen LogP contribution in [0.4, 0.5) is 18.0 Å². The van der Waals surface area contributed by atoms with Gasteiger partial charge in [0, 0.05) is 9.86 Å². The Kier molecular flexibility index (Phi) is 3.44. The Bertz CT molecular complexity index is 636. The quantitative estimate of drug-likeness (QED) is 0.871. The van der Waals surface area contributed by atoms with Crippen LogP contribution in [-0.4, -0.2) is 11.2 Å². The zero-order valence-electron chi connectivity index (χ0n) is 9.21. The second-order valence-corrected chi connectivity index (χ2v) is 4.65. The molecule has 0 aliphatic carbocycles. The molecule has 102 valence electrons. The number of carboxylic acid groups (broad SMARTS) is 1. The molecule has 19 heavy (non-hydrogen) atoms. The van der Waals surface area contributed by atoms with Gasteiger partial charge >= 0.3 is 12.3 Å². The second-order valence-electron chi connectivity index (χ2n) is 3.73. The number of hydrogen-bond acceptors (Lipinski definition) is 2. The zero-order chi connectivity index (χ0) is 14.2. The van der Waals surface area contributed by atoms with Crippen molar-refractivity contribution in [1.29, 1.82) is 0 Å². The Morgan fingerprint density at radius 3 is 2.63 bits per heavy atom. The van der Waals surface area contributed by atoms with Crippen LogP contribution in [0.25, 0.3) is 11.0 Å². The minimum absolute atomic E-state index is 0.0453. The first-order valence-electron chi connectivity index (χ1n) is 5.03. The van der Waals surface area contributed by atoms with Crippen molar-refractivity contribution in [2.24, 2.45) is 0 Å². The van der Waals surface area contributed by atoms with Gasteiger partial charge in [-0.3, -0.25) is 0 Å². The first-order chi connectivity index (χ1) is 8.77. The van der Waals surface area contributed by atoms with E-state index in [4.69, 9.17) is 9.52 Å². The summed E-state index contributed by atoms with van der Waals surface area (Å²) in [5.74, 6) is 0.112. The van der Waals surface area contributed by atoms with Crippen LogP contribution < -0.4 is 5.32 Å². The smallest absolute Gasteiger partial charge is 0.417 e. The van der Waals surface area contributed by atoms with Crippen molar-refractivity contribution in [1.82, 2.24) is 5.32 Å². The van der Waals surface area contributed by atoms with E-state index in [2.05, 4.69) is 15.9 Å². The standard InChI is InChI=1S/C11H7BrF3NO3/c12-5-1-8(11(13,14)15)7-3-6(4-16-10(17)18)19-9(7)2-5/h1-3,16H,4H2,(H,17,18). The molecule has 0 bridgehead atoms. The number of amides is 1. The Morgan fingerprint density at radius 1 is 1.37 bits per heavy atom. The van der Waals surface area contributed by atoms with Crippen molar-refractivity contribution in [2.75, 3.05) is 0 Å². The van der Waals surface area contributed by atoms with E-state index in [1.165, 1.54) is 12.1 Å². The van der Waals surface area contributed by atoms with Gasteiger partial charge in [0.1, 0.15) is 11.3 Å². The van der Waals surface area contributed by atoms with E-state index in [9.17, 15) is 18.0 Å². The summed E-state index contributed by atoms with van der Waals surface area (Å²) in [6.07, 6.45) is -5.79. The van der Waals surface area contributed by atoms with Crippen molar-refractivity contribution in [2.45, 2.75) is 12.7 Å².